The van der Waals surface area contributed by atoms with Crippen LogP contribution < -0.4 is 5.32 Å². The minimum atomic E-state index is 0.561. The molecule has 0 radical (unpaired) electrons. The van der Waals surface area contributed by atoms with Crippen molar-refractivity contribution in [3.63, 3.8) is 0 Å². The third-order valence-electron chi connectivity index (χ3n) is 3.28. The summed E-state index contributed by atoms with van der Waals surface area (Å²) in [6.45, 7) is 5.08. The largest absolute Gasteiger partial charge is 0.381 e. The molecule has 4 heteroatoms. The van der Waals surface area contributed by atoms with Crippen molar-refractivity contribution >= 4 is 27.3 Å². The highest BCUT2D eigenvalue weighted by atomic mass is 79.9. The zero-order valence-corrected chi connectivity index (χ0v) is 12.6. The highest BCUT2D eigenvalue weighted by Crippen LogP contribution is 2.26. The van der Waals surface area contributed by atoms with Crippen LogP contribution in [-0.4, -0.2) is 25.8 Å². The van der Waals surface area contributed by atoms with Crippen LogP contribution in [0, 0.1) is 5.92 Å². The molecule has 1 aliphatic rings. The lowest BCUT2D eigenvalue weighted by atomic mass is 9.91. The Hall–Kier alpha value is 0.1000. The van der Waals surface area contributed by atoms with Crippen molar-refractivity contribution < 1.29 is 4.74 Å². The Labute approximate surface area is 116 Å². The molecule has 1 aromatic rings. The maximum absolute atomic E-state index is 5.61. The Morgan fingerprint density at radius 2 is 2.47 bits per heavy atom. The van der Waals surface area contributed by atoms with Crippen LogP contribution in [0.4, 0.5) is 0 Å². The summed E-state index contributed by atoms with van der Waals surface area (Å²) in [6, 6.07) is 4.93. The molecule has 0 aromatic carbocycles. The van der Waals surface area contributed by atoms with Gasteiger partial charge in [0.05, 0.1) is 10.4 Å². The second-order valence-corrected chi connectivity index (χ2v) is 7.10. The summed E-state index contributed by atoms with van der Waals surface area (Å²) in [5.41, 5.74) is 0. The van der Waals surface area contributed by atoms with E-state index in [1.54, 1.807) is 0 Å². The summed E-state index contributed by atoms with van der Waals surface area (Å²) >= 11 is 5.37. The fourth-order valence-corrected chi connectivity index (χ4v) is 3.97. The maximum Gasteiger partial charge on any atom is 0.0701 e. The summed E-state index contributed by atoms with van der Waals surface area (Å²) in [5.74, 6) is 0.671. The molecule has 2 heterocycles. The predicted octanol–water partition coefficient (Wildman–Crippen LogP) is 3.46. The molecule has 0 spiro atoms. The number of halogens is 1. The van der Waals surface area contributed by atoms with Crippen LogP contribution in [0.25, 0.3) is 0 Å². The van der Waals surface area contributed by atoms with E-state index in [1.165, 1.54) is 21.5 Å². The molecule has 0 amide bonds. The average molecular weight is 318 g/mol. The van der Waals surface area contributed by atoms with E-state index in [0.717, 1.165) is 26.2 Å². The number of nitrogens with one attached hydrogen (secondary N) is 1. The lowest BCUT2D eigenvalue weighted by Crippen LogP contribution is -2.41. The number of ether oxygens (including phenoxy) is 1. The number of hydrogen-bond donors (Lipinski definition) is 1. The van der Waals surface area contributed by atoms with Crippen molar-refractivity contribution in [2.24, 2.45) is 5.92 Å². The minimum Gasteiger partial charge on any atom is -0.381 e. The standard InChI is InChI=1S/C13H20BrNOS/c1-2-15-12(10-4-3-7-16-9-10)8-11-5-6-13(14)17-11/h5-6,10,12,15H,2-4,7-9H2,1H3. The third-order valence-corrected chi connectivity index (χ3v) is 4.93. The van der Waals surface area contributed by atoms with Crippen molar-refractivity contribution in [1.29, 1.82) is 0 Å². The minimum absolute atomic E-state index is 0.561. The molecule has 1 saturated heterocycles. The van der Waals surface area contributed by atoms with Gasteiger partial charge in [-0.3, -0.25) is 0 Å². The van der Waals surface area contributed by atoms with Crippen LogP contribution in [0.2, 0.25) is 0 Å². The quantitative estimate of drug-likeness (QED) is 0.898. The van der Waals surface area contributed by atoms with Gasteiger partial charge < -0.3 is 10.1 Å². The van der Waals surface area contributed by atoms with E-state index in [0.29, 0.717) is 12.0 Å². The van der Waals surface area contributed by atoms with Gasteiger partial charge in [-0.05, 0) is 59.8 Å². The van der Waals surface area contributed by atoms with E-state index >= 15 is 0 Å². The molecule has 1 fully saturated rings. The number of hydrogen-bond acceptors (Lipinski definition) is 3. The molecule has 1 aliphatic heterocycles. The summed E-state index contributed by atoms with van der Waals surface area (Å²) in [6.07, 6.45) is 3.63. The molecule has 1 aromatic heterocycles. The molecule has 96 valence electrons. The van der Waals surface area contributed by atoms with Crippen molar-refractivity contribution in [1.82, 2.24) is 5.32 Å². The van der Waals surface area contributed by atoms with Crippen LogP contribution in [-0.2, 0) is 11.2 Å². The molecule has 2 unspecified atom stereocenters. The SMILES string of the molecule is CCNC(Cc1ccc(Br)s1)C1CCCOC1. The van der Waals surface area contributed by atoms with Gasteiger partial charge in [0, 0.05) is 17.5 Å². The Bertz CT molecular complexity index is 336. The third kappa shape index (κ3) is 4.05. The molecule has 17 heavy (non-hydrogen) atoms. The number of rotatable bonds is 5. The first-order valence-corrected chi connectivity index (χ1v) is 7.96. The molecular formula is C13H20BrNOS. The Kier molecular flexibility index (Phi) is 5.48. The monoisotopic (exact) mass is 317 g/mol. The molecule has 0 saturated carbocycles. The van der Waals surface area contributed by atoms with Gasteiger partial charge >= 0.3 is 0 Å². The Balaban J connectivity index is 1.95. The van der Waals surface area contributed by atoms with E-state index in [4.69, 9.17) is 4.74 Å². The van der Waals surface area contributed by atoms with E-state index < -0.39 is 0 Å². The molecule has 2 rings (SSSR count). The van der Waals surface area contributed by atoms with Gasteiger partial charge in [0.25, 0.3) is 0 Å². The Morgan fingerprint density at radius 3 is 3.06 bits per heavy atom. The van der Waals surface area contributed by atoms with Crippen molar-refractivity contribution in [3.8, 4) is 0 Å². The lowest BCUT2D eigenvalue weighted by Gasteiger charge is -2.30. The van der Waals surface area contributed by atoms with Crippen LogP contribution in [0.15, 0.2) is 15.9 Å². The first kappa shape index (κ1) is 13.5. The zero-order valence-electron chi connectivity index (χ0n) is 10.2. The average Bonchev–Trinajstić information content (AvgIpc) is 2.75. The fourth-order valence-electron chi connectivity index (χ4n) is 2.43. The molecule has 2 nitrogen and oxygen atoms in total. The first-order chi connectivity index (χ1) is 8.29. The molecule has 0 aliphatic carbocycles. The summed E-state index contributed by atoms with van der Waals surface area (Å²) in [7, 11) is 0. The van der Waals surface area contributed by atoms with Gasteiger partial charge in [-0.15, -0.1) is 11.3 Å². The van der Waals surface area contributed by atoms with Gasteiger partial charge in [-0.2, -0.15) is 0 Å². The highest BCUT2D eigenvalue weighted by molar-refractivity contribution is 9.11. The zero-order chi connectivity index (χ0) is 12.1. The van der Waals surface area contributed by atoms with Crippen LogP contribution in [0.1, 0.15) is 24.6 Å². The van der Waals surface area contributed by atoms with Gasteiger partial charge in [0.2, 0.25) is 0 Å². The van der Waals surface area contributed by atoms with Gasteiger partial charge in [-0.25, -0.2) is 0 Å². The van der Waals surface area contributed by atoms with Gasteiger partial charge in [0.1, 0.15) is 0 Å². The van der Waals surface area contributed by atoms with Crippen LogP contribution >= 0.6 is 27.3 Å². The van der Waals surface area contributed by atoms with E-state index in [2.05, 4.69) is 40.3 Å². The number of thiophene rings is 1. The first-order valence-electron chi connectivity index (χ1n) is 6.35. The smallest absolute Gasteiger partial charge is 0.0701 e. The second-order valence-electron chi connectivity index (χ2n) is 4.55. The normalized spacial score (nSPS) is 22.6. The van der Waals surface area contributed by atoms with Gasteiger partial charge in [0.15, 0.2) is 0 Å². The molecule has 0 bridgehead atoms. The maximum atomic E-state index is 5.61. The van der Waals surface area contributed by atoms with E-state index in [-0.39, 0.29) is 0 Å². The van der Waals surface area contributed by atoms with Crippen molar-refractivity contribution in [2.45, 2.75) is 32.2 Å². The molecule has 1 N–H and O–H groups in total. The van der Waals surface area contributed by atoms with E-state index in [9.17, 15) is 0 Å². The predicted molar refractivity (Wildman–Crippen MR) is 76.7 cm³/mol. The number of likely N-dealkylation sites (N-methyl/N-ethyl adjacent to an activating group) is 1. The lowest BCUT2D eigenvalue weighted by molar-refractivity contribution is 0.0397. The van der Waals surface area contributed by atoms with Crippen molar-refractivity contribution in [2.75, 3.05) is 19.8 Å². The summed E-state index contributed by atoms with van der Waals surface area (Å²) < 4.78 is 6.83. The topological polar surface area (TPSA) is 21.3 Å². The van der Waals surface area contributed by atoms with Crippen LogP contribution in [0.5, 0.6) is 0 Å². The van der Waals surface area contributed by atoms with Crippen molar-refractivity contribution in [3.05, 3.63) is 20.8 Å². The summed E-state index contributed by atoms with van der Waals surface area (Å²) in [5, 5.41) is 3.62. The van der Waals surface area contributed by atoms with Crippen LogP contribution in [0.3, 0.4) is 0 Å². The highest BCUT2D eigenvalue weighted by Gasteiger charge is 2.24. The Morgan fingerprint density at radius 1 is 1.59 bits per heavy atom. The fraction of sp³-hybridized carbons (Fsp3) is 0.692. The van der Waals surface area contributed by atoms with Gasteiger partial charge in [-0.1, -0.05) is 6.92 Å². The molecular weight excluding hydrogens is 298 g/mol. The second kappa shape index (κ2) is 6.88. The molecule has 2 atom stereocenters. The van der Waals surface area contributed by atoms with E-state index in [1.807, 2.05) is 11.3 Å². The summed E-state index contributed by atoms with van der Waals surface area (Å²) in [4.78, 5) is 1.45.